The highest BCUT2D eigenvalue weighted by Gasteiger charge is 2.20. The highest BCUT2D eigenvalue weighted by molar-refractivity contribution is 5.65. The van der Waals surface area contributed by atoms with Gasteiger partial charge in [0.15, 0.2) is 0 Å². The number of likely N-dealkylation sites (N-methyl/N-ethyl adjacent to an activating group) is 1. The number of aliphatic hydroxyl groups excluding tert-OH is 2. The first-order chi connectivity index (χ1) is 6.54. The van der Waals surface area contributed by atoms with E-state index in [4.69, 9.17) is 14.9 Å². The third kappa shape index (κ3) is 5.90. The lowest BCUT2D eigenvalue weighted by molar-refractivity contribution is -0.910. The average Bonchev–Trinajstić information content (AvgIpc) is 2.03. The summed E-state index contributed by atoms with van der Waals surface area (Å²) in [5.74, 6) is -0.301. The Balaban J connectivity index is 3.88. The molecule has 0 amide bonds. The zero-order chi connectivity index (χ0) is 11.0. The molecule has 84 valence electrons. The second-order valence-corrected chi connectivity index (χ2v) is 3.58. The highest BCUT2D eigenvalue weighted by atomic mass is 16.5. The van der Waals surface area contributed by atoms with Crippen molar-refractivity contribution in [3.8, 4) is 0 Å². The number of quaternary nitrogens is 1. The minimum atomic E-state index is -0.301. The Bertz CT molecular complexity index is 166. The summed E-state index contributed by atoms with van der Waals surface area (Å²) in [5, 5.41) is 17.7. The van der Waals surface area contributed by atoms with Crippen molar-refractivity contribution < 1.29 is 24.2 Å². The van der Waals surface area contributed by atoms with Crippen LogP contribution >= 0.6 is 0 Å². The molecule has 2 N–H and O–H groups in total. The van der Waals surface area contributed by atoms with Crippen molar-refractivity contribution >= 4 is 5.97 Å². The molecule has 0 atom stereocenters. The van der Waals surface area contributed by atoms with Crippen LogP contribution in [0, 0.1) is 0 Å². The van der Waals surface area contributed by atoms with Gasteiger partial charge in [-0.25, -0.2) is 0 Å². The second-order valence-electron chi connectivity index (χ2n) is 3.58. The molecule has 0 radical (unpaired) electrons. The Hall–Kier alpha value is -0.650. The summed E-state index contributed by atoms with van der Waals surface area (Å²) in [6.45, 7) is 3.55. The Kier molecular flexibility index (Phi) is 6.44. The molecular formula is C9H20NO4+. The van der Waals surface area contributed by atoms with Crippen LogP contribution in [0.3, 0.4) is 0 Å². The molecule has 0 aromatic heterocycles. The Labute approximate surface area is 84.5 Å². The number of esters is 1. The molecule has 0 rings (SSSR count). The van der Waals surface area contributed by atoms with Crippen molar-refractivity contribution in [1.29, 1.82) is 0 Å². The quantitative estimate of drug-likeness (QED) is 0.413. The zero-order valence-corrected chi connectivity index (χ0v) is 8.90. The predicted octanol–water partition coefficient (Wildman–Crippen LogP) is -1.02. The number of hydrogen-bond donors (Lipinski definition) is 2. The van der Waals surface area contributed by atoms with Crippen LogP contribution in [0.4, 0.5) is 0 Å². The maximum absolute atomic E-state index is 10.5. The van der Waals surface area contributed by atoms with Crippen molar-refractivity contribution in [2.24, 2.45) is 0 Å². The molecule has 0 heterocycles. The summed E-state index contributed by atoms with van der Waals surface area (Å²) in [5.41, 5.74) is 0. The molecule has 0 fully saturated rings. The van der Waals surface area contributed by atoms with Gasteiger partial charge in [-0.05, 0) is 0 Å². The molecule has 0 unspecified atom stereocenters. The van der Waals surface area contributed by atoms with Crippen LogP contribution in [-0.2, 0) is 9.53 Å². The smallest absolute Gasteiger partial charge is 0.302 e. The Morgan fingerprint density at radius 2 is 1.71 bits per heavy atom. The van der Waals surface area contributed by atoms with E-state index in [0.717, 1.165) is 0 Å². The summed E-state index contributed by atoms with van der Waals surface area (Å²) in [6.07, 6.45) is 0. The molecule has 0 saturated heterocycles. The first kappa shape index (κ1) is 13.4. The van der Waals surface area contributed by atoms with Crippen molar-refractivity contribution in [1.82, 2.24) is 0 Å². The molecule has 0 aliphatic rings. The monoisotopic (exact) mass is 206 g/mol. The minimum absolute atomic E-state index is 0.0660. The topological polar surface area (TPSA) is 66.8 Å². The molecule has 5 nitrogen and oxygen atoms in total. The molecule has 0 aliphatic carbocycles. The average molecular weight is 206 g/mol. The van der Waals surface area contributed by atoms with E-state index in [9.17, 15) is 4.79 Å². The van der Waals surface area contributed by atoms with Gasteiger partial charge in [-0.3, -0.25) is 4.79 Å². The van der Waals surface area contributed by atoms with Gasteiger partial charge in [0.2, 0.25) is 0 Å². The van der Waals surface area contributed by atoms with Gasteiger partial charge in [-0.15, -0.1) is 0 Å². The van der Waals surface area contributed by atoms with E-state index < -0.39 is 0 Å². The number of ether oxygens (including phenoxy) is 1. The third-order valence-electron chi connectivity index (χ3n) is 2.22. The van der Waals surface area contributed by atoms with Crippen LogP contribution < -0.4 is 0 Å². The fourth-order valence-corrected chi connectivity index (χ4v) is 1.23. The molecule has 14 heavy (non-hydrogen) atoms. The van der Waals surface area contributed by atoms with E-state index in [0.29, 0.717) is 30.7 Å². The number of carbonyl (C=O) groups is 1. The molecule has 0 spiro atoms. The summed E-state index contributed by atoms with van der Waals surface area (Å²) in [7, 11) is 1.91. The lowest BCUT2D eigenvalue weighted by Gasteiger charge is -2.32. The van der Waals surface area contributed by atoms with Crippen molar-refractivity contribution in [3.05, 3.63) is 0 Å². The molecule has 0 aromatic rings. The summed E-state index contributed by atoms with van der Waals surface area (Å²) < 4.78 is 5.33. The third-order valence-corrected chi connectivity index (χ3v) is 2.22. The van der Waals surface area contributed by atoms with E-state index in [1.54, 1.807) is 0 Å². The van der Waals surface area contributed by atoms with Gasteiger partial charge in [-0.2, -0.15) is 0 Å². The van der Waals surface area contributed by atoms with Crippen LogP contribution in [0.25, 0.3) is 0 Å². The number of carbonyl (C=O) groups excluding carboxylic acids is 1. The van der Waals surface area contributed by atoms with Gasteiger partial charge in [0.25, 0.3) is 0 Å². The zero-order valence-electron chi connectivity index (χ0n) is 8.90. The Morgan fingerprint density at radius 3 is 2.07 bits per heavy atom. The van der Waals surface area contributed by atoms with Crippen molar-refractivity contribution in [3.63, 3.8) is 0 Å². The molecule has 5 heteroatoms. The molecular weight excluding hydrogens is 186 g/mol. The van der Waals surface area contributed by atoms with Gasteiger partial charge >= 0.3 is 5.97 Å². The number of nitrogens with zero attached hydrogens (tertiary/aromatic N) is 1. The largest absolute Gasteiger partial charge is 0.460 e. The van der Waals surface area contributed by atoms with Crippen LogP contribution in [0.15, 0.2) is 0 Å². The van der Waals surface area contributed by atoms with Crippen molar-refractivity contribution in [2.45, 2.75) is 6.92 Å². The second kappa shape index (κ2) is 6.75. The molecule has 0 aliphatic heterocycles. The van der Waals surface area contributed by atoms with Crippen LogP contribution in [-0.4, -0.2) is 67.2 Å². The fourth-order valence-electron chi connectivity index (χ4n) is 1.23. The van der Waals surface area contributed by atoms with E-state index >= 15 is 0 Å². The summed E-state index contributed by atoms with van der Waals surface area (Å²) in [4.78, 5) is 10.5. The number of aliphatic hydroxyl groups is 2. The number of rotatable bonds is 7. The molecule has 0 bridgehead atoms. The van der Waals surface area contributed by atoms with Crippen LogP contribution in [0.5, 0.6) is 0 Å². The van der Waals surface area contributed by atoms with Gasteiger partial charge in [0.1, 0.15) is 26.2 Å². The predicted molar refractivity (Wildman–Crippen MR) is 51.6 cm³/mol. The highest BCUT2D eigenvalue weighted by Crippen LogP contribution is 2.00. The van der Waals surface area contributed by atoms with Gasteiger partial charge < -0.3 is 19.4 Å². The van der Waals surface area contributed by atoms with E-state index in [1.165, 1.54) is 6.92 Å². The standard InChI is InChI=1S/C9H20NO4/c1-9(13)14-8-5-10(2,3-6-11)4-7-12/h11-12H,3-8H2,1-2H3/q+1. The van der Waals surface area contributed by atoms with Crippen LogP contribution in [0.2, 0.25) is 0 Å². The number of hydrogen-bond acceptors (Lipinski definition) is 4. The maximum atomic E-state index is 10.5. The first-order valence-electron chi connectivity index (χ1n) is 4.73. The summed E-state index contributed by atoms with van der Waals surface area (Å²) >= 11 is 0. The van der Waals surface area contributed by atoms with E-state index in [-0.39, 0.29) is 19.2 Å². The van der Waals surface area contributed by atoms with Crippen molar-refractivity contribution in [2.75, 3.05) is 46.5 Å². The first-order valence-corrected chi connectivity index (χ1v) is 4.73. The molecule has 0 saturated carbocycles. The van der Waals surface area contributed by atoms with Gasteiger partial charge in [0.05, 0.1) is 20.3 Å². The summed E-state index contributed by atoms with van der Waals surface area (Å²) in [6, 6.07) is 0. The normalized spacial score (nSPS) is 11.4. The van der Waals surface area contributed by atoms with Gasteiger partial charge in [-0.1, -0.05) is 0 Å². The van der Waals surface area contributed by atoms with E-state index in [1.807, 2.05) is 7.05 Å². The van der Waals surface area contributed by atoms with Gasteiger partial charge in [0, 0.05) is 6.92 Å². The van der Waals surface area contributed by atoms with E-state index in [2.05, 4.69) is 0 Å². The Morgan fingerprint density at radius 1 is 1.21 bits per heavy atom. The molecule has 0 aromatic carbocycles. The lowest BCUT2D eigenvalue weighted by Crippen LogP contribution is -2.50. The maximum Gasteiger partial charge on any atom is 0.302 e. The SMILES string of the molecule is CC(=O)OCC[N+](C)(CCO)CCO. The fraction of sp³-hybridized carbons (Fsp3) is 0.889. The minimum Gasteiger partial charge on any atom is -0.460 e. The lowest BCUT2D eigenvalue weighted by atomic mass is 10.4. The van der Waals surface area contributed by atoms with Crippen LogP contribution in [0.1, 0.15) is 6.92 Å².